The number of aromatic hydroxyl groups is 1. The van der Waals surface area contributed by atoms with Crippen LogP contribution in [-0.4, -0.2) is 14.9 Å². The number of rotatable bonds is 2. The summed E-state index contributed by atoms with van der Waals surface area (Å²) in [4.78, 5) is 0. The Morgan fingerprint density at radius 2 is 2.07 bits per heavy atom. The molecule has 1 aromatic heterocycles. The Labute approximate surface area is 89.0 Å². The Hall–Kier alpha value is -1.77. The highest BCUT2D eigenvalue weighted by Crippen LogP contribution is 2.13. The van der Waals surface area contributed by atoms with Crippen molar-refractivity contribution in [2.75, 3.05) is 0 Å². The van der Waals surface area contributed by atoms with Gasteiger partial charge in [-0.3, -0.25) is 4.68 Å². The van der Waals surface area contributed by atoms with Gasteiger partial charge in [-0.25, -0.2) is 0 Å². The quantitative estimate of drug-likeness (QED) is 0.811. The van der Waals surface area contributed by atoms with E-state index < -0.39 is 0 Å². The molecule has 1 aromatic carbocycles. The molecule has 0 aliphatic heterocycles. The fourth-order valence-electron chi connectivity index (χ4n) is 1.66. The van der Waals surface area contributed by atoms with E-state index in [4.69, 9.17) is 0 Å². The largest absolute Gasteiger partial charge is 0.508 e. The van der Waals surface area contributed by atoms with Crippen LogP contribution in [0.3, 0.4) is 0 Å². The van der Waals surface area contributed by atoms with Gasteiger partial charge < -0.3 is 5.11 Å². The number of aromatic nitrogens is 2. The van der Waals surface area contributed by atoms with E-state index in [1.165, 1.54) is 0 Å². The van der Waals surface area contributed by atoms with Gasteiger partial charge in [0.2, 0.25) is 0 Å². The van der Waals surface area contributed by atoms with Gasteiger partial charge in [-0.1, -0.05) is 12.1 Å². The second-order valence-corrected chi connectivity index (χ2v) is 3.75. The predicted molar refractivity (Wildman–Crippen MR) is 58.9 cm³/mol. The van der Waals surface area contributed by atoms with Crippen molar-refractivity contribution in [3.05, 3.63) is 47.3 Å². The summed E-state index contributed by atoms with van der Waals surface area (Å²) in [6.07, 6.45) is 0. The summed E-state index contributed by atoms with van der Waals surface area (Å²) < 4.78 is 1.93. The van der Waals surface area contributed by atoms with Gasteiger partial charge in [0.25, 0.3) is 0 Å². The van der Waals surface area contributed by atoms with Crippen LogP contribution < -0.4 is 0 Å². The van der Waals surface area contributed by atoms with Gasteiger partial charge in [-0.2, -0.15) is 5.10 Å². The lowest BCUT2D eigenvalue weighted by atomic mass is 10.2. The maximum atomic E-state index is 9.34. The average Bonchev–Trinajstić information content (AvgIpc) is 2.45. The number of benzene rings is 1. The Morgan fingerprint density at radius 1 is 1.27 bits per heavy atom. The van der Waals surface area contributed by atoms with Crippen LogP contribution in [0.1, 0.15) is 17.0 Å². The third kappa shape index (κ3) is 2.18. The van der Waals surface area contributed by atoms with Crippen LogP contribution in [0.15, 0.2) is 30.3 Å². The van der Waals surface area contributed by atoms with E-state index in [-0.39, 0.29) is 0 Å². The highest BCUT2D eigenvalue weighted by atomic mass is 16.3. The van der Waals surface area contributed by atoms with Gasteiger partial charge in [0.05, 0.1) is 12.2 Å². The summed E-state index contributed by atoms with van der Waals surface area (Å²) in [5, 5.41) is 13.7. The van der Waals surface area contributed by atoms with Gasteiger partial charge >= 0.3 is 0 Å². The van der Waals surface area contributed by atoms with E-state index >= 15 is 0 Å². The monoisotopic (exact) mass is 202 g/mol. The molecule has 0 fully saturated rings. The Kier molecular flexibility index (Phi) is 2.46. The van der Waals surface area contributed by atoms with Crippen molar-refractivity contribution in [2.24, 2.45) is 0 Å². The van der Waals surface area contributed by atoms with Crippen LogP contribution in [-0.2, 0) is 6.54 Å². The fraction of sp³-hybridized carbons (Fsp3) is 0.250. The molecule has 1 N–H and O–H groups in total. The number of hydrogen-bond acceptors (Lipinski definition) is 2. The summed E-state index contributed by atoms with van der Waals surface area (Å²) in [6.45, 7) is 4.71. The van der Waals surface area contributed by atoms with Crippen molar-refractivity contribution in [1.82, 2.24) is 9.78 Å². The molecule has 0 unspecified atom stereocenters. The molecule has 3 nitrogen and oxygen atoms in total. The van der Waals surface area contributed by atoms with Crippen LogP contribution in [0.2, 0.25) is 0 Å². The summed E-state index contributed by atoms with van der Waals surface area (Å²) in [5.74, 6) is 0.300. The van der Waals surface area contributed by atoms with Crippen molar-refractivity contribution in [3.8, 4) is 5.75 Å². The molecule has 0 atom stereocenters. The first-order valence-electron chi connectivity index (χ1n) is 4.94. The van der Waals surface area contributed by atoms with Crippen LogP contribution in [0, 0.1) is 13.8 Å². The summed E-state index contributed by atoms with van der Waals surface area (Å²) in [6, 6.07) is 9.30. The predicted octanol–water partition coefficient (Wildman–Crippen LogP) is 2.25. The Morgan fingerprint density at radius 3 is 2.67 bits per heavy atom. The molecule has 78 valence electrons. The smallest absolute Gasteiger partial charge is 0.115 e. The first-order valence-corrected chi connectivity index (χ1v) is 4.94. The highest BCUT2D eigenvalue weighted by Gasteiger charge is 2.02. The number of nitrogens with zero attached hydrogens (tertiary/aromatic N) is 2. The number of phenolic OH excluding ortho intramolecular Hbond substituents is 1. The van der Waals surface area contributed by atoms with Gasteiger partial charge in [-0.15, -0.1) is 0 Å². The molecule has 2 rings (SSSR count). The number of hydrogen-bond donors (Lipinski definition) is 1. The number of aryl methyl sites for hydroxylation is 2. The molecular formula is C12H14N2O. The van der Waals surface area contributed by atoms with E-state index in [0.29, 0.717) is 12.3 Å². The molecule has 3 heteroatoms. The van der Waals surface area contributed by atoms with Crippen LogP contribution in [0.4, 0.5) is 0 Å². The first kappa shape index (κ1) is 9.77. The van der Waals surface area contributed by atoms with Crippen LogP contribution in [0.5, 0.6) is 5.75 Å². The van der Waals surface area contributed by atoms with Gasteiger partial charge in [-0.05, 0) is 37.6 Å². The van der Waals surface area contributed by atoms with E-state index in [0.717, 1.165) is 17.0 Å². The standard InChI is InChI=1S/C12H14N2O/c1-9-6-10(2)14(13-9)8-11-4-3-5-12(15)7-11/h3-7,15H,8H2,1-2H3. The molecule has 0 bridgehead atoms. The zero-order valence-electron chi connectivity index (χ0n) is 8.94. The van der Waals surface area contributed by atoms with Crippen LogP contribution in [0.25, 0.3) is 0 Å². The minimum atomic E-state index is 0.300. The Bertz CT molecular complexity index is 474. The zero-order chi connectivity index (χ0) is 10.8. The SMILES string of the molecule is Cc1cc(C)n(Cc2cccc(O)c2)n1. The third-order valence-electron chi connectivity index (χ3n) is 2.35. The normalized spacial score (nSPS) is 10.5. The molecule has 0 aliphatic carbocycles. The highest BCUT2D eigenvalue weighted by molar-refractivity contribution is 5.27. The lowest BCUT2D eigenvalue weighted by Crippen LogP contribution is -2.03. The maximum absolute atomic E-state index is 9.34. The van der Waals surface area contributed by atoms with Crippen molar-refractivity contribution >= 4 is 0 Å². The molecule has 0 aliphatic rings. The Balaban J connectivity index is 2.25. The molecule has 15 heavy (non-hydrogen) atoms. The molecule has 0 radical (unpaired) electrons. The molecule has 2 aromatic rings. The van der Waals surface area contributed by atoms with E-state index in [1.54, 1.807) is 12.1 Å². The second kappa shape index (κ2) is 3.77. The molecule has 0 spiro atoms. The number of phenols is 1. The van der Waals surface area contributed by atoms with Gasteiger partial charge in [0, 0.05) is 5.69 Å². The van der Waals surface area contributed by atoms with Gasteiger partial charge in [0.1, 0.15) is 5.75 Å². The van der Waals surface area contributed by atoms with Crippen molar-refractivity contribution in [3.63, 3.8) is 0 Å². The fourth-order valence-corrected chi connectivity index (χ4v) is 1.66. The minimum absolute atomic E-state index is 0.300. The second-order valence-electron chi connectivity index (χ2n) is 3.75. The average molecular weight is 202 g/mol. The molecule has 0 saturated carbocycles. The van der Waals surface area contributed by atoms with E-state index in [2.05, 4.69) is 5.10 Å². The topological polar surface area (TPSA) is 38.0 Å². The molecular weight excluding hydrogens is 188 g/mol. The molecule has 1 heterocycles. The van der Waals surface area contributed by atoms with Crippen molar-refractivity contribution < 1.29 is 5.11 Å². The lowest BCUT2D eigenvalue weighted by molar-refractivity contribution is 0.474. The molecule has 0 amide bonds. The van der Waals surface area contributed by atoms with Crippen LogP contribution >= 0.6 is 0 Å². The van der Waals surface area contributed by atoms with Gasteiger partial charge in [0.15, 0.2) is 0 Å². The molecule has 0 saturated heterocycles. The summed E-state index contributed by atoms with van der Waals surface area (Å²) in [5.41, 5.74) is 3.21. The third-order valence-corrected chi connectivity index (χ3v) is 2.35. The first-order chi connectivity index (χ1) is 7.15. The maximum Gasteiger partial charge on any atom is 0.115 e. The lowest BCUT2D eigenvalue weighted by Gasteiger charge is -2.04. The summed E-state index contributed by atoms with van der Waals surface area (Å²) in [7, 11) is 0. The zero-order valence-corrected chi connectivity index (χ0v) is 8.94. The van der Waals surface area contributed by atoms with Crippen molar-refractivity contribution in [2.45, 2.75) is 20.4 Å². The van der Waals surface area contributed by atoms with E-state index in [9.17, 15) is 5.11 Å². The van der Waals surface area contributed by atoms with E-state index in [1.807, 2.05) is 36.7 Å². The summed E-state index contributed by atoms with van der Waals surface area (Å²) >= 11 is 0. The minimum Gasteiger partial charge on any atom is -0.508 e. The van der Waals surface area contributed by atoms with Crippen molar-refractivity contribution in [1.29, 1.82) is 0 Å².